The van der Waals surface area contributed by atoms with E-state index in [1.807, 2.05) is 18.2 Å². The van der Waals surface area contributed by atoms with Gasteiger partial charge in [0.05, 0.1) is 0 Å². The van der Waals surface area contributed by atoms with Crippen LogP contribution in [0.4, 0.5) is 15.9 Å². The fourth-order valence-corrected chi connectivity index (χ4v) is 2.91. The Morgan fingerprint density at radius 1 is 1.07 bits per heavy atom. The van der Waals surface area contributed by atoms with Gasteiger partial charge in [-0.2, -0.15) is 0 Å². The lowest BCUT2D eigenvalue weighted by Gasteiger charge is -2.15. The van der Waals surface area contributed by atoms with Crippen LogP contribution in [0.1, 0.15) is 47.2 Å². The summed E-state index contributed by atoms with van der Waals surface area (Å²) in [6.07, 6.45) is 0. The van der Waals surface area contributed by atoms with Crippen LogP contribution in [0.15, 0.2) is 54.6 Å². The lowest BCUT2D eigenvalue weighted by Crippen LogP contribution is -2.25. The minimum absolute atomic E-state index is 0.0908. The molecule has 0 radical (unpaired) electrons. The van der Waals surface area contributed by atoms with Crippen LogP contribution in [0.5, 0.6) is 0 Å². The van der Waals surface area contributed by atoms with Crippen molar-refractivity contribution in [2.45, 2.75) is 33.2 Å². The summed E-state index contributed by atoms with van der Waals surface area (Å²) >= 11 is 0. The lowest BCUT2D eigenvalue weighted by atomic mass is 10.0. The van der Waals surface area contributed by atoms with E-state index in [1.165, 1.54) is 6.07 Å². The maximum absolute atomic E-state index is 13.7. The van der Waals surface area contributed by atoms with Gasteiger partial charge < -0.3 is 10.6 Å². The number of aromatic nitrogens is 2. The Morgan fingerprint density at radius 2 is 1.79 bits per heavy atom. The highest BCUT2D eigenvalue weighted by Gasteiger charge is 2.13. The lowest BCUT2D eigenvalue weighted by molar-refractivity contribution is 0.0945. The van der Waals surface area contributed by atoms with Crippen molar-refractivity contribution in [1.82, 2.24) is 15.3 Å². The molecule has 0 atom stereocenters. The normalized spacial score (nSPS) is 10.8. The molecule has 144 valence electrons. The van der Waals surface area contributed by atoms with Gasteiger partial charge in [-0.05, 0) is 30.5 Å². The average Bonchev–Trinajstić information content (AvgIpc) is 2.67. The predicted octanol–water partition coefficient (Wildman–Crippen LogP) is 4.72. The molecule has 0 saturated carbocycles. The summed E-state index contributed by atoms with van der Waals surface area (Å²) in [7, 11) is 0. The van der Waals surface area contributed by atoms with Crippen LogP contribution in [0.25, 0.3) is 0 Å². The average molecular weight is 378 g/mol. The second-order valence-corrected chi connectivity index (χ2v) is 6.83. The molecule has 2 N–H and O–H groups in total. The number of nitrogens with one attached hydrogen (secondary N) is 2. The number of carbonyl (C=O) groups excluding carboxylic acids is 1. The van der Waals surface area contributed by atoms with Crippen molar-refractivity contribution in [2.24, 2.45) is 0 Å². The van der Waals surface area contributed by atoms with Gasteiger partial charge in [0.15, 0.2) is 0 Å². The number of anilines is 2. The van der Waals surface area contributed by atoms with Gasteiger partial charge in [-0.3, -0.25) is 4.79 Å². The summed E-state index contributed by atoms with van der Waals surface area (Å²) in [5.74, 6) is 0.623. The summed E-state index contributed by atoms with van der Waals surface area (Å²) in [4.78, 5) is 21.1. The van der Waals surface area contributed by atoms with E-state index in [-0.39, 0.29) is 24.0 Å². The Labute approximate surface area is 164 Å². The van der Waals surface area contributed by atoms with E-state index < -0.39 is 0 Å². The minimum Gasteiger partial charge on any atom is -0.347 e. The number of rotatable bonds is 6. The first kappa shape index (κ1) is 19.5. The van der Waals surface area contributed by atoms with Crippen LogP contribution in [-0.4, -0.2) is 15.9 Å². The number of hydrogen-bond acceptors (Lipinski definition) is 4. The fourth-order valence-electron chi connectivity index (χ4n) is 2.91. The molecule has 6 heteroatoms. The van der Waals surface area contributed by atoms with Crippen molar-refractivity contribution >= 4 is 17.4 Å². The van der Waals surface area contributed by atoms with Crippen molar-refractivity contribution in [2.75, 3.05) is 5.32 Å². The van der Waals surface area contributed by atoms with Gasteiger partial charge in [0.2, 0.25) is 0 Å². The van der Waals surface area contributed by atoms with Crippen molar-refractivity contribution in [3.63, 3.8) is 0 Å². The van der Waals surface area contributed by atoms with Crippen LogP contribution in [0.3, 0.4) is 0 Å². The van der Waals surface area contributed by atoms with Gasteiger partial charge in [0, 0.05) is 23.9 Å². The van der Waals surface area contributed by atoms with Crippen molar-refractivity contribution in [3.8, 4) is 0 Å². The highest BCUT2D eigenvalue weighted by Crippen LogP contribution is 2.26. The third-order valence-electron chi connectivity index (χ3n) is 4.31. The second-order valence-electron chi connectivity index (χ2n) is 6.83. The molecule has 0 aliphatic heterocycles. The molecule has 0 bridgehead atoms. The zero-order chi connectivity index (χ0) is 20.1. The zero-order valence-electron chi connectivity index (χ0n) is 16.2. The first-order valence-electron chi connectivity index (χ1n) is 9.17. The van der Waals surface area contributed by atoms with E-state index in [1.54, 1.807) is 31.2 Å². The van der Waals surface area contributed by atoms with E-state index in [2.05, 4.69) is 40.5 Å². The fraction of sp³-hybridized carbons (Fsp3) is 0.227. The Bertz CT molecular complexity index is 988. The number of carbonyl (C=O) groups is 1. The molecular weight excluding hydrogens is 355 g/mol. The Morgan fingerprint density at radius 3 is 2.54 bits per heavy atom. The van der Waals surface area contributed by atoms with Crippen LogP contribution in [-0.2, 0) is 6.54 Å². The van der Waals surface area contributed by atoms with Crippen molar-refractivity contribution in [1.29, 1.82) is 0 Å². The number of para-hydroxylation sites is 1. The molecule has 2 aromatic carbocycles. The largest absolute Gasteiger partial charge is 0.347 e. The zero-order valence-corrected chi connectivity index (χ0v) is 16.2. The molecule has 5 nitrogen and oxygen atoms in total. The molecule has 3 aromatic rings. The number of halogens is 1. The topological polar surface area (TPSA) is 66.9 Å². The molecule has 1 heterocycles. The smallest absolute Gasteiger partial charge is 0.270 e. The van der Waals surface area contributed by atoms with E-state index in [4.69, 9.17) is 0 Å². The summed E-state index contributed by atoms with van der Waals surface area (Å²) in [5, 5.41) is 5.99. The maximum atomic E-state index is 13.7. The molecule has 0 aliphatic carbocycles. The number of amides is 1. The predicted molar refractivity (Wildman–Crippen MR) is 108 cm³/mol. The van der Waals surface area contributed by atoms with Gasteiger partial charge in [-0.15, -0.1) is 0 Å². The van der Waals surface area contributed by atoms with Gasteiger partial charge in [0.1, 0.15) is 23.2 Å². The Hall–Kier alpha value is -3.28. The van der Waals surface area contributed by atoms with E-state index in [9.17, 15) is 9.18 Å². The van der Waals surface area contributed by atoms with Crippen LogP contribution in [0, 0.1) is 12.7 Å². The molecule has 0 unspecified atom stereocenters. The Balaban J connectivity index is 1.78. The van der Waals surface area contributed by atoms with Gasteiger partial charge in [-0.25, -0.2) is 14.4 Å². The molecule has 3 rings (SSSR count). The molecule has 28 heavy (non-hydrogen) atoms. The molecular formula is C22H23FN4O. The van der Waals surface area contributed by atoms with Crippen molar-refractivity contribution < 1.29 is 9.18 Å². The standard InChI is InChI=1S/C22H23FN4O/c1-14(2)17-9-5-7-11-19(17)27-21-12-20(25-15(3)26-21)22(28)24-13-16-8-4-6-10-18(16)23/h4-12,14H,13H2,1-3H3,(H,24,28)(H,25,26,27). The monoisotopic (exact) mass is 378 g/mol. The third-order valence-corrected chi connectivity index (χ3v) is 4.31. The maximum Gasteiger partial charge on any atom is 0.270 e. The SMILES string of the molecule is Cc1nc(Nc2ccccc2C(C)C)cc(C(=O)NCc2ccccc2F)n1. The molecule has 1 aromatic heterocycles. The summed E-state index contributed by atoms with van der Waals surface area (Å²) in [6.45, 7) is 6.06. The number of hydrogen-bond donors (Lipinski definition) is 2. The minimum atomic E-state index is -0.381. The highest BCUT2D eigenvalue weighted by molar-refractivity contribution is 5.93. The number of aryl methyl sites for hydroxylation is 1. The summed E-state index contributed by atoms with van der Waals surface area (Å²) in [6, 6.07) is 15.9. The van der Waals surface area contributed by atoms with Crippen molar-refractivity contribution in [3.05, 3.63) is 83.1 Å². The van der Waals surface area contributed by atoms with Crippen LogP contribution < -0.4 is 10.6 Å². The first-order chi connectivity index (χ1) is 13.4. The van der Waals surface area contributed by atoms with Gasteiger partial charge >= 0.3 is 0 Å². The van der Waals surface area contributed by atoms with E-state index in [0.29, 0.717) is 23.1 Å². The Kier molecular flexibility index (Phi) is 5.99. The molecule has 0 saturated heterocycles. The highest BCUT2D eigenvalue weighted by atomic mass is 19.1. The van der Waals surface area contributed by atoms with E-state index in [0.717, 1.165) is 11.3 Å². The molecule has 0 spiro atoms. The molecule has 1 amide bonds. The number of benzene rings is 2. The van der Waals surface area contributed by atoms with Crippen LogP contribution >= 0.6 is 0 Å². The third kappa shape index (κ3) is 4.71. The van der Waals surface area contributed by atoms with Gasteiger partial charge in [-0.1, -0.05) is 50.2 Å². The summed E-state index contributed by atoms with van der Waals surface area (Å²) in [5.41, 5.74) is 2.75. The quantitative estimate of drug-likeness (QED) is 0.651. The van der Waals surface area contributed by atoms with E-state index >= 15 is 0 Å². The molecule has 0 fully saturated rings. The molecule has 0 aliphatic rings. The second kappa shape index (κ2) is 8.61. The summed E-state index contributed by atoms with van der Waals surface area (Å²) < 4.78 is 13.7. The first-order valence-corrected chi connectivity index (χ1v) is 9.17. The van der Waals surface area contributed by atoms with Gasteiger partial charge in [0.25, 0.3) is 5.91 Å². The number of nitrogens with zero attached hydrogens (tertiary/aromatic N) is 2. The van der Waals surface area contributed by atoms with Crippen LogP contribution in [0.2, 0.25) is 0 Å².